The Morgan fingerprint density at radius 2 is 1.78 bits per heavy atom. The monoisotopic (exact) mass is 340 g/mol. The van der Waals surface area contributed by atoms with Gasteiger partial charge in [-0.05, 0) is 23.5 Å². The van der Waals surface area contributed by atoms with Gasteiger partial charge in [-0.1, -0.05) is 45.9 Å². The molecule has 1 N–H and O–H groups in total. The molecule has 0 bridgehead atoms. The molecule has 0 atom stereocenters. The summed E-state index contributed by atoms with van der Waals surface area (Å²) in [4.78, 5) is 12.2. The van der Waals surface area contributed by atoms with Crippen LogP contribution in [0.15, 0.2) is 24.3 Å². The van der Waals surface area contributed by atoms with Crippen LogP contribution in [0.4, 0.5) is 5.69 Å². The van der Waals surface area contributed by atoms with Crippen molar-refractivity contribution < 1.29 is 13.2 Å². The number of nitrogens with one attached hydrogen (secondary N) is 1. The molecule has 0 fully saturated rings. The van der Waals surface area contributed by atoms with Gasteiger partial charge in [-0.3, -0.25) is 4.79 Å². The first-order chi connectivity index (χ1) is 10.6. The van der Waals surface area contributed by atoms with Crippen LogP contribution in [0.1, 0.15) is 45.6 Å². The number of carbonyl (C=O) groups is 1. The van der Waals surface area contributed by atoms with Gasteiger partial charge >= 0.3 is 0 Å². The van der Waals surface area contributed by atoms with E-state index in [9.17, 15) is 13.2 Å². The predicted octanol–water partition coefficient (Wildman–Crippen LogP) is 3.06. The number of para-hydroxylation sites is 1. The molecule has 0 aromatic heterocycles. The Hall–Kier alpha value is -1.40. The lowest BCUT2D eigenvalue weighted by atomic mass is 10.0. The third-order valence-electron chi connectivity index (χ3n) is 3.48. The van der Waals surface area contributed by atoms with Gasteiger partial charge in [-0.15, -0.1) is 0 Å². The van der Waals surface area contributed by atoms with Crippen molar-refractivity contribution in [3.05, 3.63) is 29.8 Å². The molecule has 130 valence electrons. The van der Waals surface area contributed by atoms with Crippen LogP contribution in [0, 0.1) is 5.92 Å². The zero-order chi connectivity index (χ0) is 17.6. The third kappa shape index (κ3) is 6.71. The molecular weight excluding hydrogens is 312 g/mol. The molecular formula is C17H28N2O3S. The zero-order valence-electron chi connectivity index (χ0n) is 14.7. The summed E-state index contributed by atoms with van der Waals surface area (Å²) < 4.78 is 24.9. The lowest BCUT2D eigenvalue weighted by molar-refractivity contribution is -0.116. The fourth-order valence-electron chi connectivity index (χ4n) is 2.35. The molecule has 0 aliphatic carbocycles. The Balaban J connectivity index is 2.70. The van der Waals surface area contributed by atoms with Gasteiger partial charge in [0.2, 0.25) is 15.9 Å². The van der Waals surface area contributed by atoms with Gasteiger partial charge in [0.25, 0.3) is 0 Å². The first kappa shape index (κ1) is 19.6. The van der Waals surface area contributed by atoms with Crippen LogP contribution in [0.25, 0.3) is 0 Å². The molecule has 1 amide bonds. The van der Waals surface area contributed by atoms with E-state index in [0.29, 0.717) is 12.5 Å². The highest BCUT2D eigenvalue weighted by atomic mass is 32.2. The van der Waals surface area contributed by atoms with Crippen molar-refractivity contribution in [2.24, 2.45) is 5.92 Å². The van der Waals surface area contributed by atoms with E-state index in [1.165, 1.54) is 10.6 Å². The van der Waals surface area contributed by atoms with E-state index in [1.807, 2.05) is 38.1 Å². The van der Waals surface area contributed by atoms with Gasteiger partial charge in [0, 0.05) is 25.2 Å². The molecule has 0 spiro atoms. The van der Waals surface area contributed by atoms with Crippen molar-refractivity contribution in [2.45, 2.75) is 40.0 Å². The molecule has 23 heavy (non-hydrogen) atoms. The Bertz CT molecular complexity index is 624. The number of nitrogens with zero attached hydrogens (tertiary/aromatic N) is 1. The van der Waals surface area contributed by atoms with Crippen molar-refractivity contribution in [3.8, 4) is 0 Å². The van der Waals surface area contributed by atoms with E-state index >= 15 is 0 Å². The Kier molecular flexibility index (Phi) is 7.22. The van der Waals surface area contributed by atoms with E-state index in [4.69, 9.17) is 0 Å². The summed E-state index contributed by atoms with van der Waals surface area (Å²) in [7, 11) is -3.30. The van der Waals surface area contributed by atoms with E-state index in [2.05, 4.69) is 19.2 Å². The fourth-order valence-corrected chi connectivity index (χ4v) is 3.34. The number of hydrogen-bond acceptors (Lipinski definition) is 3. The summed E-state index contributed by atoms with van der Waals surface area (Å²) in [5, 5.41) is 2.89. The molecule has 0 unspecified atom stereocenters. The summed E-state index contributed by atoms with van der Waals surface area (Å²) >= 11 is 0. The van der Waals surface area contributed by atoms with Crippen LogP contribution >= 0.6 is 0 Å². The number of amides is 1. The fraction of sp³-hybridized carbons (Fsp3) is 0.588. The van der Waals surface area contributed by atoms with E-state index in [1.54, 1.807) is 0 Å². The summed E-state index contributed by atoms with van der Waals surface area (Å²) in [5.74, 6) is 0.352. The molecule has 0 radical (unpaired) electrons. The largest absolute Gasteiger partial charge is 0.326 e. The first-order valence-corrected chi connectivity index (χ1v) is 9.80. The van der Waals surface area contributed by atoms with Gasteiger partial charge in [0.15, 0.2) is 0 Å². The maximum absolute atomic E-state index is 12.2. The van der Waals surface area contributed by atoms with Crippen molar-refractivity contribution >= 4 is 21.6 Å². The minimum absolute atomic E-state index is 0.145. The highest BCUT2D eigenvalue weighted by Gasteiger charge is 2.19. The smallest absolute Gasteiger partial charge is 0.225 e. The number of carbonyl (C=O) groups excluding carboxylic acids is 1. The van der Waals surface area contributed by atoms with E-state index in [-0.39, 0.29) is 24.8 Å². The molecule has 0 heterocycles. The molecule has 5 nitrogen and oxygen atoms in total. The molecule has 0 saturated heterocycles. The Labute approximate surface area is 140 Å². The van der Waals surface area contributed by atoms with Gasteiger partial charge < -0.3 is 5.32 Å². The summed E-state index contributed by atoms with van der Waals surface area (Å²) in [5.41, 5.74) is 1.87. The molecule has 1 aromatic rings. The van der Waals surface area contributed by atoms with Crippen molar-refractivity contribution in [1.82, 2.24) is 4.31 Å². The first-order valence-electron chi connectivity index (χ1n) is 7.95. The zero-order valence-corrected chi connectivity index (χ0v) is 15.5. The molecule has 0 saturated carbocycles. The van der Waals surface area contributed by atoms with Crippen LogP contribution in [0.5, 0.6) is 0 Å². The standard InChI is InChI=1S/C17H28N2O3S/c1-13(2)12-19(23(5,21)22)11-10-17(20)18-16-9-7-6-8-15(16)14(3)4/h6-9,13-14H,10-12H2,1-5H3,(H,18,20). The minimum Gasteiger partial charge on any atom is -0.326 e. The summed E-state index contributed by atoms with van der Waals surface area (Å²) in [6, 6.07) is 7.68. The second-order valence-corrected chi connectivity index (χ2v) is 8.54. The number of anilines is 1. The molecule has 6 heteroatoms. The second kappa shape index (κ2) is 8.45. The molecule has 0 aliphatic rings. The molecule has 0 aliphatic heterocycles. The van der Waals surface area contributed by atoms with Crippen molar-refractivity contribution in [3.63, 3.8) is 0 Å². The lowest BCUT2D eigenvalue weighted by Gasteiger charge is -2.21. The normalized spacial score (nSPS) is 12.2. The Morgan fingerprint density at radius 3 is 2.30 bits per heavy atom. The quantitative estimate of drug-likeness (QED) is 0.791. The van der Waals surface area contributed by atoms with E-state index < -0.39 is 10.0 Å². The summed E-state index contributed by atoms with van der Waals surface area (Å²) in [6.07, 6.45) is 1.33. The van der Waals surface area contributed by atoms with Crippen LogP contribution in [-0.4, -0.2) is 38.0 Å². The summed E-state index contributed by atoms with van der Waals surface area (Å²) in [6.45, 7) is 8.67. The van der Waals surface area contributed by atoms with Gasteiger partial charge in [0.1, 0.15) is 0 Å². The molecule has 1 rings (SSSR count). The van der Waals surface area contributed by atoms with Crippen molar-refractivity contribution in [2.75, 3.05) is 24.7 Å². The highest BCUT2D eigenvalue weighted by Crippen LogP contribution is 2.23. The van der Waals surface area contributed by atoms with Gasteiger partial charge in [-0.25, -0.2) is 12.7 Å². The Morgan fingerprint density at radius 1 is 1.17 bits per heavy atom. The number of benzene rings is 1. The minimum atomic E-state index is -3.30. The number of hydrogen-bond donors (Lipinski definition) is 1. The maximum atomic E-state index is 12.2. The van der Waals surface area contributed by atoms with Crippen LogP contribution in [0.2, 0.25) is 0 Å². The molecule has 1 aromatic carbocycles. The van der Waals surface area contributed by atoms with Crippen LogP contribution < -0.4 is 5.32 Å². The van der Waals surface area contributed by atoms with Gasteiger partial charge in [0.05, 0.1) is 6.26 Å². The maximum Gasteiger partial charge on any atom is 0.225 e. The predicted molar refractivity (Wildman–Crippen MR) is 95.0 cm³/mol. The topological polar surface area (TPSA) is 66.5 Å². The number of sulfonamides is 1. The lowest BCUT2D eigenvalue weighted by Crippen LogP contribution is -2.35. The number of rotatable bonds is 8. The van der Waals surface area contributed by atoms with Gasteiger partial charge in [-0.2, -0.15) is 0 Å². The average molecular weight is 340 g/mol. The van der Waals surface area contributed by atoms with Crippen molar-refractivity contribution in [1.29, 1.82) is 0 Å². The highest BCUT2D eigenvalue weighted by molar-refractivity contribution is 7.88. The van der Waals surface area contributed by atoms with Crippen LogP contribution in [-0.2, 0) is 14.8 Å². The third-order valence-corrected chi connectivity index (χ3v) is 4.75. The SMILES string of the molecule is CC(C)CN(CCC(=O)Nc1ccccc1C(C)C)S(C)(=O)=O. The second-order valence-electron chi connectivity index (χ2n) is 6.55. The average Bonchev–Trinajstić information content (AvgIpc) is 2.42. The van der Waals surface area contributed by atoms with Crippen LogP contribution in [0.3, 0.4) is 0 Å². The van der Waals surface area contributed by atoms with E-state index in [0.717, 1.165) is 11.3 Å².